The molecule has 0 atom stereocenters. The molecule has 1 rings (SSSR count). The Morgan fingerprint density at radius 3 is 1.91 bits per heavy atom. The van der Waals surface area contributed by atoms with Crippen LogP contribution in [0.2, 0.25) is 0 Å². The molecule has 1 aromatic heterocycles. The Morgan fingerprint density at radius 2 is 1.35 bits per heavy atom. The lowest BCUT2D eigenvalue weighted by Crippen LogP contribution is -2.41. The van der Waals surface area contributed by atoms with Gasteiger partial charge in [0.1, 0.15) is 0 Å². The van der Waals surface area contributed by atoms with E-state index in [1.807, 2.05) is 0 Å². The molecule has 0 saturated carbocycles. The van der Waals surface area contributed by atoms with Crippen LogP contribution in [0.5, 0.6) is 0 Å². The van der Waals surface area contributed by atoms with Crippen molar-refractivity contribution in [2.75, 3.05) is 0 Å². The molecule has 0 aliphatic rings. The van der Waals surface area contributed by atoms with Crippen LogP contribution >= 0.6 is 0 Å². The molecule has 132 valence electrons. The van der Waals surface area contributed by atoms with Crippen molar-refractivity contribution in [2.24, 2.45) is 0 Å². The Labute approximate surface area is 145 Å². The number of hydrogen-bond acceptors (Lipinski definition) is 0. The second-order valence-corrected chi connectivity index (χ2v) is 7.31. The monoisotopic (exact) mass is 318 g/mol. The average Bonchev–Trinajstić information content (AvgIpc) is 2.55. The summed E-state index contributed by atoms with van der Waals surface area (Å²) < 4.78 is 2.52. The van der Waals surface area contributed by atoms with Gasteiger partial charge in [-0.25, -0.2) is 4.57 Å². The number of aryl methyl sites for hydroxylation is 1. The summed E-state index contributed by atoms with van der Waals surface area (Å²) in [5, 5.41) is 0. The lowest BCUT2D eigenvalue weighted by Gasteiger charge is -2.12. The second kappa shape index (κ2) is 12.6. The fraction of sp³-hybridized carbons (Fsp3) is 0.773. The highest BCUT2D eigenvalue weighted by Gasteiger charge is 2.17. The van der Waals surface area contributed by atoms with Crippen molar-refractivity contribution in [1.82, 2.24) is 0 Å². The number of aromatic nitrogens is 1. The van der Waals surface area contributed by atoms with Gasteiger partial charge < -0.3 is 0 Å². The normalized spacial score (nSPS) is 11.3. The van der Waals surface area contributed by atoms with Gasteiger partial charge in [-0.15, -0.1) is 0 Å². The molecule has 0 fully saturated rings. The highest BCUT2D eigenvalue weighted by Crippen LogP contribution is 2.15. The van der Waals surface area contributed by atoms with E-state index in [1.165, 1.54) is 77.0 Å². The Kier molecular flexibility index (Phi) is 11.0. The first-order valence-electron chi connectivity index (χ1n) is 10.2. The maximum atomic E-state index is 2.52. The van der Waals surface area contributed by atoms with Crippen LogP contribution < -0.4 is 4.57 Å². The van der Waals surface area contributed by atoms with Gasteiger partial charge in [-0.3, -0.25) is 0 Å². The van der Waals surface area contributed by atoms with Crippen LogP contribution in [0.3, 0.4) is 0 Å². The Morgan fingerprint density at radius 1 is 0.783 bits per heavy atom. The number of pyridine rings is 1. The summed E-state index contributed by atoms with van der Waals surface area (Å²) in [7, 11) is 0. The van der Waals surface area contributed by atoms with Crippen LogP contribution in [0.1, 0.15) is 109 Å². The summed E-state index contributed by atoms with van der Waals surface area (Å²) in [6, 6.07) is 5.20. The van der Waals surface area contributed by atoms with E-state index in [4.69, 9.17) is 0 Å². The minimum atomic E-state index is 0.570. The van der Waals surface area contributed by atoms with E-state index in [0.717, 1.165) is 0 Å². The molecule has 23 heavy (non-hydrogen) atoms. The standard InChI is InChI=1S/C22H40N/c1-5-7-9-11-13-16-21-17-15-19-23(20(3)4)22(21)18-14-12-10-8-6-2/h15,17,19-20H,5-14,16,18H2,1-4H3/q+1. The molecule has 0 bridgehead atoms. The van der Waals surface area contributed by atoms with Crippen LogP contribution in [0.4, 0.5) is 0 Å². The molecule has 0 amide bonds. The van der Waals surface area contributed by atoms with Crippen LogP contribution in [-0.2, 0) is 12.8 Å². The number of rotatable bonds is 13. The van der Waals surface area contributed by atoms with Crippen molar-refractivity contribution < 1.29 is 4.57 Å². The molecule has 0 aliphatic carbocycles. The molecule has 1 heterocycles. The summed E-state index contributed by atoms with van der Waals surface area (Å²) >= 11 is 0. The molecule has 0 saturated heterocycles. The van der Waals surface area contributed by atoms with Gasteiger partial charge in [0.05, 0.1) is 0 Å². The third-order valence-electron chi connectivity index (χ3n) is 4.85. The predicted molar refractivity (Wildman–Crippen MR) is 102 cm³/mol. The second-order valence-electron chi connectivity index (χ2n) is 7.31. The van der Waals surface area contributed by atoms with Crippen molar-refractivity contribution in [3.63, 3.8) is 0 Å². The third-order valence-corrected chi connectivity index (χ3v) is 4.85. The van der Waals surface area contributed by atoms with Crippen LogP contribution in [0, 0.1) is 0 Å². The van der Waals surface area contributed by atoms with Crippen molar-refractivity contribution in [3.05, 3.63) is 29.6 Å². The van der Waals surface area contributed by atoms with Crippen LogP contribution in [-0.4, -0.2) is 0 Å². The topological polar surface area (TPSA) is 3.88 Å². The van der Waals surface area contributed by atoms with E-state index in [0.29, 0.717) is 6.04 Å². The van der Waals surface area contributed by atoms with Gasteiger partial charge in [0.15, 0.2) is 17.9 Å². The van der Waals surface area contributed by atoms with E-state index in [1.54, 1.807) is 11.3 Å². The smallest absolute Gasteiger partial charge is 0.184 e. The molecule has 0 aliphatic heterocycles. The lowest BCUT2D eigenvalue weighted by molar-refractivity contribution is -0.723. The maximum Gasteiger partial charge on any atom is 0.184 e. The minimum Gasteiger partial charge on any atom is -0.200 e. The molecule has 0 N–H and O–H groups in total. The van der Waals surface area contributed by atoms with Crippen molar-refractivity contribution in [3.8, 4) is 0 Å². The van der Waals surface area contributed by atoms with Crippen molar-refractivity contribution in [1.29, 1.82) is 0 Å². The highest BCUT2D eigenvalue weighted by molar-refractivity contribution is 5.16. The molecule has 0 spiro atoms. The summed E-state index contributed by atoms with van der Waals surface area (Å²) in [6.07, 6.45) is 18.5. The van der Waals surface area contributed by atoms with E-state index < -0.39 is 0 Å². The zero-order chi connectivity index (χ0) is 16.9. The quantitative estimate of drug-likeness (QED) is 0.285. The molecule has 0 unspecified atom stereocenters. The highest BCUT2D eigenvalue weighted by atomic mass is 15.0. The fourth-order valence-corrected chi connectivity index (χ4v) is 3.42. The first-order valence-corrected chi connectivity index (χ1v) is 10.2. The van der Waals surface area contributed by atoms with Gasteiger partial charge in [0.25, 0.3) is 0 Å². The first kappa shape index (κ1) is 20.2. The minimum absolute atomic E-state index is 0.570. The summed E-state index contributed by atoms with van der Waals surface area (Å²) in [5.74, 6) is 0. The molecule has 1 heteroatoms. The molecule has 0 aromatic carbocycles. The number of unbranched alkanes of at least 4 members (excludes halogenated alkanes) is 8. The summed E-state index contributed by atoms with van der Waals surface area (Å²) in [5.41, 5.74) is 3.21. The van der Waals surface area contributed by atoms with Crippen molar-refractivity contribution >= 4 is 0 Å². The van der Waals surface area contributed by atoms with Crippen LogP contribution in [0.25, 0.3) is 0 Å². The Bertz CT molecular complexity index is 408. The number of hydrogen-bond donors (Lipinski definition) is 0. The van der Waals surface area contributed by atoms with Crippen molar-refractivity contribution in [2.45, 2.75) is 111 Å². The van der Waals surface area contributed by atoms with Gasteiger partial charge in [0, 0.05) is 18.1 Å². The molecular formula is C22H40N+. The van der Waals surface area contributed by atoms with Crippen LogP contribution in [0.15, 0.2) is 18.3 Å². The zero-order valence-electron chi connectivity index (χ0n) is 16.2. The van der Waals surface area contributed by atoms with Gasteiger partial charge in [-0.05, 0) is 39.2 Å². The Balaban J connectivity index is 2.61. The summed E-state index contributed by atoms with van der Waals surface area (Å²) in [6.45, 7) is 9.21. The third kappa shape index (κ3) is 7.99. The predicted octanol–water partition coefficient (Wildman–Crippen LogP) is 6.58. The van der Waals surface area contributed by atoms with Gasteiger partial charge >= 0.3 is 0 Å². The van der Waals surface area contributed by atoms with Gasteiger partial charge in [0.2, 0.25) is 0 Å². The molecular weight excluding hydrogens is 278 g/mol. The number of nitrogens with zero attached hydrogens (tertiary/aromatic N) is 1. The molecule has 1 aromatic rings. The molecule has 0 radical (unpaired) electrons. The Hall–Kier alpha value is -0.850. The summed E-state index contributed by atoms with van der Waals surface area (Å²) in [4.78, 5) is 0. The van der Waals surface area contributed by atoms with E-state index in [9.17, 15) is 0 Å². The maximum absolute atomic E-state index is 2.52. The average molecular weight is 319 g/mol. The van der Waals surface area contributed by atoms with E-state index in [2.05, 4.69) is 50.6 Å². The lowest BCUT2D eigenvalue weighted by atomic mass is 9.99. The molecule has 1 nitrogen and oxygen atoms in total. The van der Waals surface area contributed by atoms with E-state index >= 15 is 0 Å². The zero-order valence-corrected chi connectivity index (χ0v) is 16.2. The first-order chi connectivity index (χ1) is 11.2. The fourth-order valence-electron chi connectivity index (χ4n) is 3.42. The van der Waals surface area contributed by atoms with Gasteiger partial charge in [-0.2, -0.15) is 0 Å². The SMILES string of the molecule is CCCCCCCc1ccc[n+](C(C)C)c1CCCCCCC. The van der Waals surface area contributed by atoms with Gasteiger partial charge in [-0.1, -0.05) is 65.2 Å². The largest absolute Gasteiger partial charge is 0.200 e. The van der Waals surface area contributed by atoms with E-state index in [-0.39, 0.29) is 0 Å².